The molecule has 2 amide bonds. The average Bonchev–Trinajstić information content (AvgIpc) is 2.79. The van der Waals surface area contributed by atoms with E-state index >= 15 is 0 Å². The number of carbonyl (C=O) groups is 3. The number of likely N-dealkylation sites (N-methyl/N-ethyl adjacent to an activating group) is 1. The van der Waals surface area contributed by atoms with Crippen molar-refractivity contribution in [3.05, 3.63) is 59.7 Å². The highest BCUT2D eigenvalue weighted by Crippen LogP contribution is 2.19. The molecule has 1 heterocycles. The molecule has 1 atom stereocenters. The molecule has 0 bridgehead atoms. The van der Waals surface area contributed by atoms with Gasteiger partial charge in [-0.3, -0.25) is 19.3 Å². The Morgan fingerprint density at radius 2 is 1.56 bits per heavy atom. The first-order valence-corrected chi connectivity index (χ1v) is 11.0. The van der Waals surface area contributed by atoms with Gasteiger partial charge in [-0.05, 0) is 57.2 Å². The largest absolute Gasteiger partial charge is 0.369 e. The Hall–Kier alpha value is -3.19. The van der Waals surface area contributed by atoms with Crippen LogP contribution in [-0.2, 0) is 9.59 Å². The lowest BCUT2D eigenvalue weighted by atomic mass is 10.1. The van der Waals surface area contributed by atoms with E-state index in [-0.39, 0.29) is 30.2 Å². The van der Waals surface area contributed by atoms with Gasteiger partial charge < -0.3 is 15.1 Å². The van der Waals surface area contributed by atoms with Crippen LogP contribution in [0.5, 0.6) is 0 Å². The fourth-order valence-electron chi connectivity index (χ4n) is 3.88. The molecular weight excluding hydrogens is 404 g/mol. The summed E-state index contributed by atoms with van der Waals surface area (Å²) < 4.78 is 0. The highest BCUT2D eigenvalue weighted by Gasteiger charge is 2.28. The smallest absolute Gasteiger partial charge is 0.243 e. The van der Waals surface area contributed by atoms with Crippen molar-refractivity contribution < 1.29 is 14.4 Å². The Morgan fingerprint density at radius 3 is 2.12 bits per heavy atom. The lowest BCUT2D eigenvalue weighted by Crippen LogP contribution is -2.54. The maximum Gasteiger partial charge on any atom is 0.243 e. The van der Waals surface area contributed by atoms with Crippen LogP contribution < -0.4 is 10.2 Å². The zero-order valence-electron chi connectivity index (χ0n) is 19.3. The van der Waals surface area contributed by atoms with Crippen molar-refractivity contribution in [2.75, 3.05) is 50.0 Å². The van der Waals surface area contributed by atoms with E-state index in [4.69, 9.17) is 0 Å². The van der Waals surface area contributed by atoms with Crippen LogP contribution in [0, 0.1) is 6.92 Å². The van der Waals surface area contributed by atoms with E-state index in [0.29, 0.717) is 5.56 Å². The van der Waals surface area contributed by atoms with E-state index in [1.54, 1.807) is 14.0 Å². The number of aryl methyl sites for hydroxylation is 1. The molecule has 0 unspecified atom stereocenters. The molecule has 2 aromatic carbocycles. The highest BCUT2D eigenvalue weighted by molar-refractivity contribution is 5.95. The van der Waals surface area contributed by atoms with Crippen LogP contribution in [0.15, 0.2) is 48.5 Å². The summed E-state index contributed by atoms with van der Waals surface area (Å²) in [5.41, 5.74) is 3.64. The third kappa shape index (κ3) is 5.95. The van der Waals surface area contributed by atoms with Crippen LogP contribution in [0.2, 0.25) is 0 Å². The quantitative estimate of drug-likeness (QED) is 0.676. The molecule has 1 aliphatic heterocycles. The fraction of sp³-hybridized carbons (Fsp3) is 0.400. The Balaban J connectivity index is 1.48. The molecule has 1 fully saturated rings. The van der Waals surface area contributed by atoms with Gasteiger partial charge in [0, 0.05) is 50.2 Å². The number of rotatable bonds is 7. The predicted octanol–water partition coefficient (Wildman–Crippen LogP) is 2.81. The molecular formula is C25H32N4O3. The molecule has 1 N–H and O–H groups in total. The van der Waals surface area contributed by atoms with Crippen LogP contribution >= 0.6 is 0 Å². The molecule has 1 aliphatic rings. The summed E-state index contributed by atoms with van der Waals surface area (Å²) in [7, 11) is 1.67. The molecule has 0 spiro atoms. The first-order chi connectivity index (χ1) is 15.2. The zero-order valence-corrected chi connectivity index (χ0v) is 19.3. The normalized spacial score (nSPS) is 15.2. The minimum absolute atomic E-state index is 0.0134. The number of hydrogen-bond donors (Lipinski definition) is 1. The van der Waals surface area contributed by atoms with Gasteiger partial charge >= 0.3 is 0 Å². The minimum Gasteiger partial charge on any atom is -0.369 e. The molecule has 7 heteroatoms. The summed E-state index contributed by atoms with van der Waals surface area (Å²) in [4.78, 5) is 42.6. The maximum atomic E-state index is 12.9. The van der Waals surface area contributed by atoms with Crippen molar-refractivity contribution in [1.82, 2.24) is 9.80 Å². The number of nitrogens with one attached hydrogen (secondary N) is 1. The lowest BCUT2D eigenvalue weighted by molar-refractivity contribution is -0.137. The number of benzene rings is 2. The average molecular weight is 437 g/mol. The summed E-state index contributed by atoms with van der Waals surface area (Å²) >= 11 is 0. The predicted molar refractivity (Wildman–Crippen MR) is 127 cm³/mol. The Labute approximate surface area is 190 Å². The van der Waals surface area contributed by atoms with Gasteiger partial charge in [0.15, 0.2) is 5.78 Å². The lowest BCUT2D eigenvalue weighted by Gasteiger charge is -2.39. The number of nitrogens with zero attached hydrogens (tertiary/aromatic N) is 3. The van der Waals surface area contributed by atoms with E-state index in [1.165, 1.54) is 4.90 Å². The van der Waals surface area contributed by atoms with Crippen molar-refractivity contribution >= 4 is 29.0 Å². The topological polar surface area (TPSA) is 73.0 Å². The van der Waals surface area contributed by atoms with E-state index < -0.39 is 0 Å². The minimum atomic E-state index is -0.297. The van der Waals surface area contributed by atoms with Crippen molar-refractivity contribution in [3.63, 3.8) is 0 Å². The molecule has 0 radical (unpaired) electrons. The van der Waals surface area contributed by atoms with Gasteiger partial charge in [0.2, 0.25) is 11.8 Å². The highest BCUT2D eigenvalue weighted by atomic mass is 16.2. The van der Waals surface area contributed by atoms with Gasteiger partial charge in [0.25, 0.3) is 0 Å². The molecule has 7 nitrogen and oxygen atoms in total. The van der Waals surface area contributed by atoms with E-state index in [2.05, 4.69) is 15.1 Å². The molecule has 32 heavy (non-hydrogen) atoms. The number of anilines is 2. The maximum absolute atomic E-state index is 12.9. The van der Waals surface area contributed by atoms with E-state index in [0.717, 1.165) is 43.1 Å². The summed E-state index contributed by atoms with van der Waals surface area (Å²) in [5, 5.41) is 2.83. The molecule has 170 valence electrons. The molecule has 2 aromatic rings. The number of hydrogen-bond acceptors (Lipinski definition) is 5. The van der Waals surface area contributed by atoms with Crippen LogP contribution in [0.1, 0.15) is 29.8 Å². The number of amides is 2. The summed E-state index contributed by atoms with van der Waals surface area (Å²) in [5.74, 6) is -0.218. The molecule has 3 rings (SSSR count). The number of piperazine rings is 1. The fourth-order valence-corrected chi connectivity index (χ4v) is 3.88. The van der Waals surface area contributed by atoms with Gasteiger partial charge in [0.05, 0.1) is 12.6 Å². The van der Waals surface area contributed by atoms with Crippen molar-refractivity contribution in [2.45, 2.75) is 26.8 Å². The van der Waals surface area contributed by atoms with Crippen molar-refractivity contribution in [2.24, 2.45) is 0 Å². The SMILES string of the molecule is CC(=O)c1ccc(N2CCN([C@H](C)C(=O)N(C)CC(=O)Nc3ccc(C)cc3)CC2)cc1. The second-order valence-corrected chi connectivity index (χ2v) is 8.41. The van der Waals surface area contributed by atoms with E-state index in [1.807, 2.05) is 62.4 Å². The third-order valence-corrected chi connectivity index (χ3v) is 5.95. The molecule has 0 saturated carbocycles. The molecule has 0 aliphatic carbocycles. The molecule has 0 aromatic heterocycles. The van der Waals surface area contributed by atoms with Gasteiger partial charge in [-0.1, -0.05) is 17.7 Å². The van der Waals surface area contributed by atoms with Crippen LogP contribution in [0.25, 0.3) is 0 Å². The Bertz CT molecular complexity index is 948. The number of carbonyl (C=O) groups excluding carboxylic acids is 3. The number of Topliss-reactive ketones (excluding diaryl/α,β-unsaturated/α-hetero) is 1. The van der Waals surface area contributed by atoms with Crippen LogP contribution in [-0.4, -0.2) is 73.2 Å². The standard InChI is InChI=1S/C25H32N4O3/c1-18-5-9-22(10-6-18)26-24(31)17-27(4)25(32)19(2)28-13-15-29(16-14-28)23-11-7-21(8-12-23)20(3)30/h5-12,19H,13-17H2,1-4H3,(H,26,31)/t19-/m1/s1. The summed E-state index contributed by atoms with van der Waals surface area (Å²) in [6.07, 6.45) is 0. The van der Waals surface area contributed by atoms with Gasteiger partial charge in [-0.25, -0.2) is 0 Å². The number of ketones is 1. The Kier molecular flexibility index (Phi) is 7.64. The van der Waals surface area contributed by atoms with Crippen LogP contribution in [0.3, 0.4) is 0 Å². The van der Waals surface area contributed by atoms with Crippen molar-refractivity contribution in [3.8, 4) is 0 Å². The second kappa shape index (κ2) is 10.4. The van der Waals surface area contributed by atoms with Gasteiger partial charge in [-0.15, -0.1) is 0 Å². The van der Waals surface area contributed by atoms with Crippen LogP contribution in [0.4, 0.5) is 11.4 Å². The van der Waals surface area contributed by atoms with Gasteiger partial charge in [-0.2, -0.15) is 0 Å². The van der Waals surface area contributed by atoms with E-state index in [9.17, 15) is 14.4 Å². The second-order valence-electron chi connectivity index (χ2n) is 8.41. The third-order valence-electron chi connectivity index (χ3n) is 5.95. The Morgan fingerprint density at radius 1 is 0.969 bits per heavy atom. The summed E-state index contributed by atoms with van der Waals surface area (Å²) in [6, 6.07) is 14.9. The first-order valence-electron chi connectivity index (χ1n) is 11.0. The zero-order chi connectivity index (χ0) is 23.3. The first kappa shape index (κ1) is 23.5. The summed E-state index contributed by atoms with van der Waals surface area (Å²) in [6.45, 7) is 8.57. The monoisotopic (exact) mass is 436 g/mol. The van der Waals surface area contributed by atoms with Crippen molar-refractivity contribution in [1.29, 1.82) is 0 Å². The van der Waals surface area contributed by atoms with Gasteiger partial charge in [0.1, 0.15) is 0 Å². The molecule has 1 saturated heterocycles.